The quantitative estimate of drug-likeness (QED) is 0.664. The molecule has 1 unspecified atom stereocenters. The number of ether oxygens (including phenoxy) is 1. The molecule has 2 heterocycles. The minimum Gasteiger partial charge on any atom is -0.488 e. The highest BCUT2D eigenvalue weighted by Gasteiger charge is 2.29. The first-order chi connectivity index (χ1) is 13.1. The zero-order valence-electron chi connectivity index (χ0n) is 15.1. The van der Waals surface area contributed by atoms with Crippen LogP contribution >= 0.6 is 0 Å². The fourth-order valence-corrected chi connectivity index (χ4v) is 2.98. The van der Waals surface area contributed by atoms with Crippen LogP contribution in [0.3, 0.4) is 0 Å². The lowest BCUT2D eigenvalue weighted by Crippen LogP contribution is -2.51. The van der Waals surface area contributed by atoms with Crippen LogP contribution in [-0.4, -0.2) is 61.4 Å². The summed E-state index contributed by atoms with van der Waals surface area (Å²) in [4.78, 5) is 39.4. The molecule has 0 aliphatic carbocycles. The van der Waals surface area contributed by atoms with E-state index in [-0.39, 0.29) is 18.1 Å². The molecular formula is C19H24N4O4. The summed E-state index contributed by atoms with van der Waals surface area (Å²) >= 11 is 0. The lowest BCUT2D eigenvalue weighted by molar-refractivity contribution is -0.135. The number of carbonyl (C=O) groups excluding carboxylic acids is 3. The van der Waals surface area contributed by atoms with Crippen LogP contribution < -0.4 is 16.0 Å². The molecule has 3 N–H and O–H groups in total. The number of nitrogens with one attached hydrogen (secondary N) is 3. The van der Waals surface area contributed by atoms with Crippen molar-refractivity contribution in [2.45, 2.75) is 18.9 Å². The van der Waals surface area contributed by atoms with Gasteiger partial charge in [0, 0.05) is 38.3 Å². The molecule has 2 aliphatic rings. The first kappa shape index (κ1) is 18.9. The number of carbonyl (C=O) groups is 3. The van der Waals surface area contributed by atoms with E-state index < -0.39 is 17.9 Å². The minimum absolute atomic E-state index is 0.0995. The van der Waals surface area contributed by atoms with Crippen LogP contribution in [0.2, 0.25) is 0 Å². The molecule has 1 aromatic rings. The number of nitrogens with zero attached hydrogens (tertiary/aromatic N) is 1. The van der Waals surface area contributed by atoms with Crippen LogP contribution in [0.4, 0.5) is 5.69 Å². The lowest BCUT2D eigenvalue weighted by atomic mass is 10.1. The molecule has 0 aromatic heterocycles. The van der Waals surface area contributed by atoms with E-state index in [1.165, 1.54) is 0 Å². The van der Waals surface area contributed by atoms with Crippen LogP contribution in [0.1, 0.15) is 12.8 Å². The maximum absolute atomic E-state index is 12.7. The largest absolute Gasteiger partial charge is 0.488 e. The van der Waals surface area contributed by atoms with Gasteiger partial charge >= 0.3 is 0 Å². The smallest absolute Gasteiger partial charge is 0.286 e. The number of anilines is 1. The molecule has 1 fully saturated rings. The molecule has 1 aromatic carbocycles. The number of amides is 3. The Hall–Kier alpha value is -2.87. The maximum atomic E-state index is 12.7. The Morgan fingerprint density at radius 3 is 2.56 bits per heavy atom. The Morgan fingerprint density at radius 1 is 1.15 bits per heavy atom. The summed E-state index contributed by atoms with van der Waals surface area (Å²) in [6.07, 6.45) is 2.24. The molecule has 8 nitrogen and oxygen atoms in total. The summed E-state index contributed by atoms with van der Waals surface area (Å²) < 4.78 is 5.25. The van der Waals surface area contributed by atoms with E-state index in [4.69, 9.17) is 4.74 Å². The summed E-state index contributed by atoms with van der Waals surface area (Å²) in [7, 11) is 0. The average Bonchev–Trinajstić information content (AvgIpc) is 3.24. The molecule has 0 saturated carbocycles. The topological polar surface area (TPSA) is 99.8 Å². The summed E-state index contributed by atoms with van der Waals surface area (Å²) in [5, 5.41) is 8.57. The predicted octanol–water partition coefficient (Wildman–Crippen LogP) is 0.236. The van der Waals surface area contributed by atoms with Gasteiger partial charge in [0.05, 0.1) is 13.0 Å². The molecular weight excluding hydrogens is 348 g/mol. The van der Waals surface area contributed by atoms with Gasteiger partial charge in [-0.2, -0.15) is 0 Å². The Labute approximate surface area is 157 Å². The Morgan fingerprint density at radius 2 is 1.89 bits per heavy atom. The molecule has 144 valence electrons. The molecule has 1 atom stereocenters. The van der Waals surface area contributed by atoms with E-state index in [0.29, 0.717) is 31.8 Å². The van der Waals surface area contributed by atoms with Gasteiger partial charge in [-0.3, -0.25) is 14.4 Å². The number of rotatable bonds is 6. The highest BCUT2D eigenvalue weighted by atomic mass is 16.5. The molecule has 27 heavy (non-hydrogen) atoms. The van der Waals surface area contributed by atoms with E-state index in [9.17, 15) is 14.4 Å². The number of hydrogen-bond acceptors (Lipinski definition) is 5. The van der Waals surface area contributed by atoms with Crippen molar-refractivity contribution in [2.24, 2.45) is 0 Å². The Balaban J connectivity index is 1.67. The molecule has 8 heteroatoms. The van der Waals surface area contributed by atoms with Crippen LogP contribution in [0.15, 0.2) is 42.2 Å². The second-order valence-electron chi connectivity index (χ2n) is 6.42. The Kier molecular flexibility index (Phi) is 6.43. The van der Waals surface area contributed by atoms with Gasteiger partial charge in [-0.25, -0.2) is 0 Å². The predicted molar refractivity (Wildman–Crippen MR) is 99.7 cm³/mol. The third-order valence-electron chi connectivity index (χ3n) is 4.44. The van der Waals surface area contributed by atoms with Gasteiger partial charge < -0.3 is 25.6 Å². The van der Waals surface area contributed by atoms with E-state index in [2.05, 4.69) is 16.0 Å². The third-order valence-corrected chi connectivity index (χ3v) is 4.44. The van der Waals surface area contributed by atoms with Gasteiger partial charge in [-0.05, 0) is 18.2 Å². The van der Waals surface area contributed by atoms with Gasteiger partial charge in [0.1, 0.15) is 6.04 Å². The molecule has 3 amide bonds. The summed E-state index contributed by atoms with van der Waals surface area (Å²) in [5.41, 5.74) is 0.604. The van der Waals surface area contributed by atoms with Crippen molar-refractivity contribution < 1.29 is 19.1 Å². The Bertz CT molecular complexity index is 714. The summed E-state index contributed by atoms with van der Waals surface area (Å²) in [6, 6.07) is 7.95. The summed E-state index contributed by atoms with van der Waals surface area (Å²) in [5.74, 6) is -0.876. The number of benzene rings is 1. The van der Waals surface area contributed by atoms with Gasteiger partial charge in [-0.1, -0.05) is 18.2 Å². The molecule has 0 spiro atoms. The van der Waals surface area contributed by atoms with Gasteiger partial charge in [0.15, 0.2) is 5.76 Å². The van der Waals surface area contributed by atoms with Crippen molar-refractivity contribution in [1.82, 2.24) is 15.5 Å². The normalized spacial score (nSPS) is 17.5. The fourth-order valence-electron chi connectivity index (χ4n) is 2.98. The standard InChI is InChI=1S/C19H24N4O4/c24-17(23-10-8-20-9-11-23)13-15(22-19(26)16-7-4-12-27-16)18(25)21-14-5-2-1-3-6-14/h1-3,5-7,15,20H,4,8-13H2,(H,21,25)(H,22,26). The van der Waals surface area contributed by atoms with E-state index in [1.54, 1.807) is 35.2 Å². The highest BCUT2D eigenvalue weighted by molar-refractivity contribution is 6.02. The van der Waals surface area contributed by atoms with Gasteiger partial charge in [-0.15, -0.1) is 0 Å². The third kappa shape index (κ3) is 5.30. The van der Waals surface area contributed by atoms with Crippen molar-refractivity contribution in [3.05, 3.63) is 42.2 Å². The maximum Gasteiger partial charge on any atom is 0.286 e. The zero-order valence-corrected chi connectivity index (χ0v) is 15.1. The summed E-state index contributed by atoms with van der Waals surface area (Å²) in [6.45, 7) is 3.07. The first-order valence-electron chi connectivity index (χ1n) is 9.12. The van der Waals surface area contributed by atoms with Crippen molar-refractivity contribution in [3.63, 3.8) is 0 Å². The van der Waals surface area contributed by atoms with Crippen LogP contribution in [0, 0.1) is 0 Å². The van der Waals surface area contributed by atoms with E-state index in [1.807, 2.05) is 6.07 Å². The van der Waals surface area contributed by atoms with Crippen LogP contribution in [0.25, 0.3) is 0 Å². The minimum atomic E-state index is -0.981. The molecule has 0 bridgehead atoms. The van der Waals surface area contributed by atoms with Crippen molar-refractivity contribution >= 4 is 23.4 Å². The van der Waals surface area contributed by atoms with E-state index in [0.717, 1.165) is 13.1 Å². The highest BCUT2D eigenvalue weighted by Crippen LogP contribution is 2.12. The second kappa shape index (κ2) is 9.18. The van der Waals surface area contributed by atoms with Gasteiger partial charge in [0.2, 0.25) is 11.8 Å². The second-order valence-corrected chi connectivity index (χ2v) is 6.42. The van der Waals surface area contributed by atoms with Crippen molar-refractivity contribution in [2.75, 3.05) is 38.1 Å². The van der Waals surface area contributed by atoms with Gasteiger partial charge in [0.25, 0.3) is 5.91 Å². The molecule has 3 rings (SSSR count). The average molecular weight is 372 g/mol. The van der Waals surface area contributed by atoms with E-state index >= 15 is 0 Å². The number of para-hydroxylation sites is 1. The monoisotopic (exact) mass is 372 g/mol. The number of hydrogen-bond donors (Lipinski definition) is 3. The molecule has 0 radical (unpaired) electrons. The lowest BCUT2D eigenvalue weighted by Gasteiger charge is -2.29. The number of piperazine rings is 1. The van der Waals surface area contributed by atoms with Crippen molar-refractivity contribution in [1.29, 1.82) is 0 Å². The molecule has 1 saturated heterocycles. The van der Waals surface area contributed by atoms with Crippen molar-refractivity contribution in [3.8, 4) is 0 Å². The first-order valence-corrected chi connectivity index (χ1v) is 9.12. The fraction of sp³-hybridized carbons (Fsp3) is 0.421. The van der Waals surface area contributed by atoms with Crippen LogP contribution in [0.5, 0.6) is 0 Å². The van der Waals surface area contributed by atoms with Crippen LogP contribution in [-0.2, 0) is 19.1 Å². The molecule has 2 aliphatic heterocycles. The zero-order chi connectivity index (χ0) is 19.1. The SMILES string of the molecule is O=C(NC(CC(=O)N1CCNCC1)C(=O)Nc1ccccc1)C1=CCCO1.